The van der Waals surface area contributed by atoms with Gasteiger partial charge in [0.15, 0.2) is 23.0 Å². The second-order valence-corrected chi connectivity index (χ2v) is 21.6. The molecule has 73 heavy (non-hydrogen) atoms. The zero-order valence-corrected chi connectivity index (χ0v) is 41.9. The first-order valence-electron chi connectivity index (χ1n) is 25.6. The SMILES string of the molecule is CC1c2c(cc(F)c(Cl)c2-c2c(C(N)=O)ccc(OCCO)c2F)OC1(CNC12CCC(C(=O)N3CCC(N4CCC(c5ccc6c(N7CCC(=O)NC7=O)nn(C)c6c5)CC4)CC3)(CC1)C2)c1ccccc1. The maximum absolute atomic E-state index is 16.6. The number of aryl methyl sites for hydroxylation is 1. The van der Waals surface area contributed by atoms with Crippen molar-refractivity contribution in [1.29, 1.82) is 0 Å². The number of piperidine rings is 2. The number of rotatable bonds is 13. The molecule has 0 spiro atoms. The first-order chi connectivity index (χ1) is 35.1. The average Bonchev–Trinajstić information content (AvgIpc) is 4.15. The van der Waals surface area contributed by atoms with E-state index in [1.54, 1.807) is 4.90 Å². The molecule has 384 valence electrons. The lowest BCUT2D eigenvalue weighted by Gasteiger charge is -2.43. The minimum atomic E-state index is -1.14. The van der Waals surface area contributed by atoms with Gasteiger partial charge in [0.1, 0.15) is 18.2 Å². The third kappa shape index (κ3) is 8.40. The Morgan fingerprint density at radius 2 is 1.70 bits per heavy atom. The van der Waals surface area contributed by atoms with Crippen LogP contribution in [0.1, 0.15) is 110 Å². The molecule has 11 rings (SSSR count). The summed E-state index contributed by atoms with van der Waals surface area (Å²) in [6.45, 7) is 5.33. The molecule has 2 aliphatic carbocycles. The Kier molecular flexibility index (Phi) is 12.8. The van der Waals surface area contributed by atoms with E-state index in [2.05, 4.69) is 43.7 Å². The monoisotopic (exact) mass is 1020 g/mol. The second kappa shape index (κ2) is 19.0. The third-order valence-electron chi connectivity index (χ3n) is 17.3. The summed E-state index contributed by atoms with van der Waals surface area (Å²) in [4.78, 5) is 58.2. The summed E-state index contributed by atoms with van der Waals surface area (Å²) in [5.74, 6) is -2.50. The highest BCUT2D eigenvalue weighted by atomic mass is 35.5. The number of benzene rings is 4. The molecule has 15 nitrogen and oxygen atoms in total. The number of carbonyl (C=O) groups excluding carboxylic acids is 4. The maximum atomic E-state index is 16.6. The lowest BCUT2D eigenvalue weighted by atomic mass is 9.77. The maximum Gasteiger partial charge on any atom is 0.329 e. The number of ether oxygens (including phenoxy) is 2. The average molecular weight is 1020 g/mol. The van der Waals surface area contributed by atoms with E-state index in [1.165, 1.54) is 23.8 Å². The molecule has 6 aliphatic rings. The highest BCUT2D eigenvalue weighted by Gasteiger charge is 2.60. The van der Waals surface area contributed by atoms with Crippen molar-refractivity contribution in [1.82, 2.24) is 30.2 Å². The summed E-state index contributed by atoms with van der Waals surface area (Å²) in [5, 5.41) is 20.9. The number of aliphatic hydroxyl groups is 1. The number of nitrogens with two attached hydrogens (primary N) is 1. The van der Waals surface area contributed by atoms with E-state index in [0.29, 0.717) is 36.3 Å². The number of aromatic nitrogens is 2. The first kappa shape index (κ1) is 49.1. The molecule has 5 amide bonds. The van der Waals surface area contributed by atoms with Crippen LogP contribution in [0.15, 0.2) is 66.7 Å². The summed E-state index contributed by atoms with van der Waals surface area (Å²) in [6.07, 6.45) is 8.02. The van der Waals surface area contributed by atoms with Gasteiger partial charge in [-0.3, -0.25) is 29.3 Å². The Labute approximate surface area is 427 Å². The molecule has 18 heteroatoms. The Balaban J connectivity index is 0.750. The number of nitrogens with zero attached hydrogens (tertiary/aromatic N) is 5. The zero-order valence-electron chi connectivity index (χ0n) is 41.2. The van der Waals surface area contributed by atoms with Crippen LogP contribution < -0.4 is 30.7 Å². The van der Waals surface area contributed by atoms with Crippen LogP contribution in [0.3, 0.4) is 0 Å². The van der Waals surface area contributed by atoms with Gasteiger partial charge in [0.2, 0.25) is 17.7 Å². The molecule has 2 saturated carbocycles. The number of amides is 5. The van der Waals surface area contributed by atoms with Crippen LogP contribution in [-0.2, 0) is 22.2 Å². The molecular weight excluding hydrogens is 958 g/mol. The van der Waals surface area contributed by atoms with Crippen LogP contribution in [0.5, 0.6) is 11.5 Å². The van der Waals surface area contributed by atoms with Crippen LogP contribution in [0.4, 0.5) is 19.4 Å². The lowest BCUT2D eigenvalue weighted by molar-refractivity contribution is -0.143. The van der Waals surface area contributed by atoms with Crippen molar-refractivity contribution >= 4 is 52.1 Å². The van der Waals surface area contributed by atoms with Crippen LogP contribution in [-0.4, -0.2) is 113 Å². The quantitative estimate of drug-likeness (QED) is 0.0914. The molecule has 2 bridgehead atoms. The molecule has 1 aromatic heterocycles. The van der Waals surface area contributed by atoms with Gasteiger partial charge in [-0.25, -0.2) is 13.6 Å². The molecule has 3 saturated heterocycles. The lowest BCUT2D eigenvalue weighted by Crippen LogP contribution is -2.52. The molecule has 5 N–H and O–H groups in total. The van der Waals surface area contributed by atoms with Gasteiger partial charge in [-0.05, 0) is 112 Å². The van der Waals surface area contributed by atoms with Crippen LogP contribution in [0, 0.1) is 17.0 Å². The van der Waals surface area contributed by atoms with Gasteiger partial charge in [-0.1, -0.05) is 54.9 Å². The number of nitrogens with one attached hydrogen (secondary N) is 2. The molecule has 0 radical (unpaired) electrons. The molecule has 4 aliphatic heterocycles. The Morgan fingerprint density at radius 1 is 0.959 bits per heavy atom. The van der Waals surface area contributed by atoms with Gasteiger partial charge in [-0.15, -0.1) is 0 Å². The molecule has 4 aromatic carbocycles. The number of urea groups is 1. The standard InChI is InChI=1S/C55H61ClF2N8O7/c1-32-44-42(29-39(57)47(56)46(44)45-38(49(59)69)10-11-41(48(45)58)72-27-26-67)73-55(32,35-6-4-3-5-7-35)31-60-54-19-17-53(30-54,18-20-54)51(70)65-23-14-36(15-24-65)64-21-12-33(13-22-64)34-8-9-37-40(28-34)63(2)62-50(37)66-25-16-43(68)61-52(66)71/h3-11,28-29,32-33,36,60,67H,12-27,30-31H2,1-2H3,(H2,59,69)(H,61,68,71). The number of hydrogen-bond acceptors (Lipinski definition) is 10. The zero-order chi connectivity index (χ0) is 51.0. The highest BCUT2D eigenvalue weighted by molar-refractivity contribution is 6.34. The largest absolute Gasteiger partial charge is 0.488 e. The van der Waals surface area contributed by atoms with Crippen molar-refractivity contribution in [3.63, 3.8) is 0 Å². The van der Waals surface area contributed by atoms with Crippen molar-refractivity contribution in [2.45, 2.75) is 100 Å². The topological polar surface area (TPSA) is 185 Å². The number of halogens is 3. The van der Waals surface area contributed by atoms with Crippen molar-refractivity contribution in [3.8, 4) is 22.6 Å². The Morgan fingerprint density at radius 3 is 2.40 bits per heavy atom. The van der Waals surface area contributed by atoms with Crippen molar-refractivity contribution < 1.29 is 42.5 Å². The van der Waals surface area contributed by atoms with E-state index in [-0.39, 0.29) is 71.7 Å². The molecule has 5 heterocycles. The van der Waals surface area contributed by atoms with Crippen molar-refractivity contribution in [3.05, 3.63) is 106 Å². The third-order valence-corrected chi connectivity index (χ3v) is 17.7. The minimum Gasteiger partial charge on any atom is -0.488 e. The van der Waals surface area contributed by atoms with Crippen LogP contribution in [0.2, 0.25) is 5.02 Å². The van der Waals surface area contributed by atoms with Crippen molar-refractivity contribution in [2.24, 2.45) is 18.2 Å². The first-order valence-corrected chi connectivity index (χ1v) is 26.0. The van der Waals surface area contributed by atoms with Gasteiger partial charge in [0.25, 0.3) is 0 Å². The molecule has 2 atom stereocenters. The Bertz CT molecular complexity index is 3020. The summed E-state index contributed by atoms with van der Waals surface area (Å²) >= 11 is 6.78. The number of primary amides is 1. The van der Waals surface area contributed by atoms with Gasteiger partial charge in [0, 0.05) is 85.3 Å². The van der Waals surface area contributed by atoms with E-state index in [9.17, 15) is 24.3 Å². The number of fused-ring (bicyclic) bond motifs is 4. The van der Waals surface area contributed by atoms with E-state index >= 15 is 8.78 Å². The number of carbonyl (C=O) groups is 4. The van der Waals surface area contributed by atoms with Crippen LogP contribution in [0.25, 0.3) is 22.0 Å². The fraction of sp³-hybridized carbons (Fsp3) is 0.473. The normalized spacial score (nSPS) is 25.6. The van der Waals surface area contributed by atoms with Gasteiger partial charge < -0.3 is 35.4 Å². The van der Waals surface area contributed by atoms with E-state index < -0.39 is 45.5 Å². The summed E-state index contributed by atoms with van der Waals surface area (Å²) in [6, 6.07) is 19.8. The van der Waals surface area contributed by atoms with Crippen molar-refractivity contribution in [2.75, 3.05) is 57.4 Å². The smallest absolute Gasteiger partial charge is 0.329 e. The molecule has 2 unspecified atom stereocenters. The highest BCUT2D eigenvalue weighted by Crippen LogP contribution is 2.60. The number of likely N-dealkylation sites (tertiary alicyclic amines) is 2. The van der Waals surface area contributed by atoms with Gasteiger partial charge >= 0.3 is 6.03 Å². The summed E-state index contributed by atoms with van der Waals surface area (Å²) in [7, 11) is 1.89. The number of aliphatic hydroxyl groups excluding tert-OH is 1. The second-order valence-electron chi connectivity index (χ2n) is 21.2. The van der Waals surface area contributed by atoms with Crippen LogP contribution >= 0.6 is 11.6 Å². The van der Waals surface area contributed by atoms with E-state index in [0.717, 1.165) is 94.0 Å². The predicted molar refractivity (Wildman–Crippen MR) is 271 cm³/mol. The van der Waals surface area contributed by atoms with E-state index in [1.807, 2.05) is 49.0 Å². The van der Waals surface area contributed by atoms with E-state index in [4.69, 9.17) is 26.8 Å². The summed E-state index contributed by atoms with van der Waals surface area (Å²) < 4.78 is 46.8. The summed E-state index contributed by atoms with van der Waals surface area (Å²) in [5.41, 5.74) is 6.71. The molecular formula is C55H61ClF2N8O7. The fourth-order valence-electron chi connectivity index (χ4n) is 13.4. The minimum absolute atomic E-state index is 0.0530. The Hall–Kier alpha value is -6.14. The molecule has 5 fully saturated rings. The molecule has 5 aromatic rings. The van der Waals surface area contributed by atoms with Gasteiger partial charge in [-0.2, -0.15) is 5.10 Å². The number of anilines is 1. The fourth-order valence-corrected chi connectivity index (χ4v) is 13.6. The number of imide groups is 1. The predicted octanol–water partition coefficient (Wildman–Crippen LogP) is 7.64. The van der Waals surface area contributed by atoms with Gasteiger partial charge in [0.05, 0.1) is 28.1 Å². The number of hydrogen-bond donors (Lipinski definition) is 4.